The molecule has 0 aliphatic rings. The molecule has 29 heavy (non-hydrogen) atoms. The van der Waals surface area contributed by atoms with Gasteiger partial charge >= 0.3 is 0 Å². The Kier molecular flexibility index (Phi) is 7.10. The minimum Gasteiger partial charge on any atom is -0.273 e. The predicted molar refractivity (Wildman–Crippen MR) is 107 cm³/mol. The van der Waals surface area contributed by atoms with E-state index >= 15 is 0 Å². The van der Waals surface area contributed by atoms with Crippen molar-refractivity contribution in [3.8, 4) is 0 Å². The number of hydrazine groups is 1. The fourth-order valence-electron chi connectivity index (χ4n) is 2.38. The molecule has 0 atom stereocenters. The molecular weight excluding hydrogens is 397 g/mol. The summed E-state index contributed by atoms with van der Waals surface area (Å²) in [5, 5.41) is 0. The molecule has 0 bridgehead atoms. The van der Waals surface area contributed by atoms with Crippen LogP contribution in [0.1, 0.15) is 43.1 Å². The van der Waals surface area contributed by atoms with E-state index in [4.69, 9.17) is 0 Å². The molecule has 0 fully saturated rings. The number of amides is 2. The largest absolute Gasteiger partial charge is 0.273 e. The highest BCUT2D eigenvalue weighted by Crippen LogP contribution is 2.23. The summed E-state index contributed by atoms with van der Waals surface area (Å²) in [6.07, 6.45) is -0.178. The van der Waals surface area contributed by atoms with Crippen LogP contribution < -0.4 is 15.6 Å². The van der Waals surface area contributed by atoms with Crippen LogP contribution in [0.5, 0.6) is 0 Å². The van der Waals surface area contributed by atoms with Crippen LogP contribution in [0, 0.1) is 5.82 Å². The van der Waals surface area contributed by atoms with Crippen LogP contribution in [0.2, 0.25) is 0 Å². The first-order valence-electron chi connectivity index (χ1n) is 8.94. The third-order valence-electron chi connectivity index (χ3n) is 4.10. The van der Waals surface area contributed by atoms with E-state index in [1.807, 2.05) is 20.8 Å². The summed E-state index contributed by atoms with van der Waals surface area (Å²) in [5.74, 6) is -1.67. The van der Waals surface area contributed by atoms with Gasteiger partial charge in [-0.1, -0.05) is 32.9 Å². The first kappa shape index (κ1) is 22.5. The van der Waals surface area contributed by atoms with Crippen LogP contribution in [0.4, 0.5) is 4.39 Å². The third-order valence-corrected chi connectivity index (χ3v) is 5.57. The maximum Gasteiger partial charge on any atom is 0.269 e. The van der Waals surface area contributed by atoms with Crippen molar-refractivity contribution < 1.29 is 22.4 Å². The van der Waals surface area contributed by atoms with Crippen LogP contribution in [0.3, 0.4) is 0 Å². The lowest BCUT2D eigenvalue weighted by molar-refractivity contribution is -0.121. The maximum atomic E-state index is 12.8. The van der Waals surface area contributed by atoms with Crippen molar-refractivity contribution in [2.75, 3.05) is 6.54 Å². The minimum absolute atomic E-state index is 0.0911. The molecule has 9 heteroatoms. The Morgan fingerprint density at radius 2 is 1.52 bits per heavy atom. The Labute approximate surface area is 169 Å². The number of benzene rings is 2. The van der Waals surface area contributed by atoms with Gasteiger partial charge in [0.2, 0.25) is 15.9 Å². The van der Waals surface area contributed by atoms with E-state index in [0.717, 1.165) is 17.7 Å². The molecule has 2 rings (SSSR count). The van der Waals surface area contributed by atoms with Crippen LogP contribution in [-0.4, -0.2) is 26.8 Å². The van der Waals surface area contributed by atoms with Crippen LogP contribution >= 0.6 is 0 Å². The Morgan fingerprint density at radius 1 is 0.931 bits per heavy atom. The number of hydrogen-bond acceptors (Lipinski definition) is 4. The van der Waals surface area contributed by atoms with Crippen molar-refractivity contribution in [3.05, 3.63) is 65.5 Å². The zero-order valence-electron chi connectivity index (χ0n) is 16.5. The quantitative estimate of drug-likeness (QED) is 0.622. The minimum atomic E-state index is -3.75. The average molecular weight is 421 g/mol. The van der Waals surface area contributed by atoms with E-state index in [1.54, 1.807) is 12.1 Å². The number of sulfonamides is 1. The fourth-order valence-corrected chi connectivity index (χ4v) is 3.41. The molecule has 3 N–H and O–H groups in total. The van der Waals surface area contributed by atoms with E-state index < -0.39 is 27.7 Å². The highest BCUT2D eigenvalue weighted by atomic mass is 32.2. The van der Waals surface area contributed by atoms with Crippen LogP contribution in [0.15, 0.2) is 53.4 Å². The molecule has 0 aliphatic heterocycles. The first-order chi connectivity index (χ1) is 13.5. The van der Waals surface area contributed by atoms with Crippen LogP contribution in [0.25, 0.3) is 0 Å². The summed E-state index contributed by atoms with van der Waals surface area (Å²) < 4.78 is 39.8. The zero-order chi connectivity index (χ0) is 21.7. The summed E-state index contributed by atoms with van der Waals surface area (Å²) >= 11 is 0. The van der Waals surface area contributed by atoms with E-state index in [1.165, 1.54) is 24.3 Å². The van der Waals surface area contributed by atoms with Gasteiger partial charge in [0, 0.05) is 18.5 Å². The molecular formula is C20H24FN3O4S. The van der Waals surface area contributed by atoms with Gasteiger partial charge in [-0.15, -0.1) is 0 Å². The molecule has 0 saturated carbocycles. The smallest absolute Gasteiger partial charge is 0.269 e. The Hall–Kier alpha value is -2.78. The van der Waals surface area contributed by atoms with Gasteiger partial charge in [0.25, 0.3) is 5.91 Å². The summed E-state index contributed by atoms with van der Waals surface area (Å²) in [6, 6.07) is 11.3. The first-order valence-corrected chi connectivity index (χ1v) is 10.4. The zero-order valence-corrected chi connectivity index (χ0v) is 17.3. The standard InChI is InChI=1S/C20H24FN3O4S/c1-20(2,3)15-6-10-17(11-7-15)29(27,28)22-13-12-18(25)23-24-19(26)14-4-8-16(21)9-5-14/h4-11,22H,12-13H2,1-3H3,(H,23,25)(H,24,26). The van der Waals surface area contributed by atoms with E-state index in [0.29, 0.717) is 0 Å². The molecule has 2 aromatic rings. The topological polar surface area (TPSA) is 104 Å². The molecule has 0 aliphatic carbocycles. The molecule has 7 nitrogen and oxygen atoms in total. The van der Waals surface area contributed by atoms with Gasteiger partial charge in [0.05, 0.1) is 4.90 Å². The summed E-state index contributed by atoms with van der Waals surface area (Å²) in [7, 11) is -3.75. The molecule has 0 spiro atoms. The van der Waals surface area contributed by atoms with Crippen LogP contribution in [-0.2, 0) is 20.2 Å². The molecule has 2 aromatic carbocycles. The third kappa shape index (κ3) is 6.65. The normalized spacial score (nSPS) is 11.7. The number of rotatable bonds is 6. The predicted octanol–water partition coefficient (Wildman–Crippen LogP) is 2.25. The summed E-state index contributed by atoms with van der Waals surface area (Å²) in [5.41, 5.74) is 5.45. The van der Waals surface area contributed by atoms with E-state index in [9.17, 15) is 22.4 Å². The van der Waals surface area contributed by atoms with Crippen molar-refractivity contribution >= 4 is 21.8 Å². The van der Waals surface area contributed by atoms with E-state index in [-0.39, 0.29) is 28.8 Å². The fraction of sp³-hybridized carbons (Fsp3) is 0.300. The maximum absolute atomic E-state index is 12.8. The average Bonchev–Trinajstić information content (AvgIpc) is 2.66. The second-order valence-electron chi connectivity index (χ2n) is 7.43. The number of carbonyl (C=O) groups excluding carboxylic acids is 2. The van der Waals surface area contributed by atoms with Gasteiger partial charge in [-0.25, -0.2) is 17.5 Å². The highest BCUT2D eigenvalue weighted by Gasteiger charge is 2.17. The summed E-state index contributed by atoms with van der Waals surface area (Å²) in [4.78, 5) is 23.7. The SMILES string of the molecule is CC(C)(C)c1ccc(S(=O)(=O)NCCC(=O)NNC(=O)c2ccc(F)cc2)cc1. The van der Waals surface area contributed by atoms with Crippen molar-refractivity contribution in [1.29, 1.82) is 0 Å². The lowest BCUT2D eigenvalue weighted by Crippen LogP contribution is -2.42. The molecule has 2 amide bonds. The highest BCUT2D eigenvalue weighted by molar-refractivity contribution is 7.89. The lowest BCUT2D eigenvalue weighted by atomic mass is 9.87. The Bertz CT molecular complexity index is 966. The number of halogens is 1. The van der Waals surface area contributed by atoms with Gasteiger partial charge in [-0.2, -0.15) is 0 Å². The Balaban J connectivity index is 1.81. The van der Waals surface area contributed by atoms with Gasteiger partial charge in [0.15, 0.2) is 0 Å². The van der Waals surface area contributed by atoms with E-state index in [2.05, 4.69) is 15.6 Å². The molecule has 0 unspecified atom stereocenters. The van der Waals surface area contributed by atoms with Gasteiger partial charge < -0.3 is 0 Å². The second kappa shape index (κ2) is 9.15. The number of carbonyl (C=O) groups is 2. The molecule has 0 saturated heterocycles. The van der Waals surface area contributed by atoms with Crippen molar-refractivity contribution in [2.45, 2.75) is 37.5 Å². The van der Waals surface area contributed by atoms with Gasteiger partial charge in [0.1, 0.15) is 5.82 Å². The van der Waals surface area contributed by atoms with Crippen molar-refractivity contribution in [1.82, 2.24) is 15.6 Å². The van der Waals surface area contributed by atoms with Gasteiger partial charge in [-0.05, 0) is 47.4 Å². The molecule has 0 radical (unpaired) electrons. The summed E-state index contributed by atoms with van der Waals surface area (Å²) in [6.45, 7) is 5.95. The molecule has 0 aromatic heterocycles. The second-order valence-corrected chi connectivity index (χ2v) is 9.20. The van der Waals surface area contributed by atoms with Crippen molar-refractivity contribution in [3.63, 3.8) is 0 Å². The Morgan fingerprint density at radius 3 is 2.07 bits per heavy atom. The van der Waals surface area contributed by atoms with Gasteiger partial charge in [-0.3, -0.25) is 20.4 Å². The number of hydrogen-bond donors (Lipinski definition) is 3. The molecule has 156 valence electrons. The molecule has 0 heterocycles. The lowest BCUT2D eigenvalue weighted by Gasteiger charge is -2.19. The number of nitrogens with one attached hydrogen (secondary N) is 3. The monoisotopic (exact) mass is 421 g/mol. The van der Waals surface area contributed by atoms with Crippen molar-refractivity contribution in [2.24, 2.45) is 0 Å².